The Labute approximate surface area is 165 Å². The van der Waals surface area contributed by atoms with Crippen molar-refractivity contribution >= 4 is 34.9 Å². The van der Waals surface area contributed by atoms with E-state index in [4.69, 9.17) is 16.3 Å². The van der Waals surface area contributed by atoms with Crippen LogP contribution in [0.5, 0.6) is 5.75 Å². The Hall–Kier alpha value is -2.70. The van der Waals surface area contributed by atoms with Gasteiger partial charge >= 0.3 is 0 Å². The summed E-state index contributed by atoms with van der Waals surface area (Å²) in [5.41, 5.74) is 2.67. The molecular weight excluding hydrogens is 382 g/mol. The van der Waals surface area contributed by atoms with Crippen LogP contribution in [0.2, 0.25) is 5.02 Å². The van der Waals surface area contributed by atoms with Crippen molar-refractivity contribution in [2.24, 2.45) is 0 Å². The number of aromatic nitrogens is 2. The third-order valence-corrected chi connectivity index (χ3v) is 5.28. The predicted molar refractivity (Wildman–Crippen MR) is 107 cm³/mol. The number of fused-ring (bicyclic) bond motifs is 1. The van der Waals surface area contributed by atoms with Crippen molar-refractivity contribution in [2.75, 3.05) is 6.54 Å². The lowest BCUT2D eigenvalue weighted by molar-refractivity contribution is -0.116. The van der Waals surface area contributed by atoms with Crippen LogP contribution in [0, 0.1) is 0 Å². The summed E-state index contributed by atoms with van der Waals surface area (Å²) in [6.45, 7) is 0.416. The van der Waals surface area contributed by atoms with E-state index in [0.717, 1.165) is 21.7 Å². The fraction of sp³-hybridized carbons (Fsp3) is 0.150. The number of ether oxygens (including phenoxy) is 1. The third kappa shape index (κ3) is 4.18. The van der Waals surface area contributed by atoms with Gasteiger partial charge in [-0.25, -0.2) is 0 Å². The van der Waals surface area contributed by atoms with Gasteiger partial charge in [0.25, 0.3) is 0 Å². The molecule has 0 fully saturated rings. The second-order valence-corrected chi connectivity index (χ2v) is 7.46. The van der Waals surface area contributed by atoms with Crippen LogP contribution in [0.1, 0.15) is 10.4 Å². The number of carbonyl (C=O) groups excluding carboxylic acids is 1. The lowest BCUT2D eigenvalue weighted by atomic mass is 10.0. The molecule has 1 amide bonds. The quantitative estimate of drug-likeness (QED) is 0.661. The van der Waals surface area contributed by atoms with E-state index in [1.165, 1.54) is 6.08 Å². The number of halogens is 1. The Kier molecular flexibility index (Phi) is 5.18. The van der Waals surface area contributed by atoms with Gasteiger partial charge in [-0.3, -0.25) is 14.8 Å². The topological polar surface area (TPSA) is 64.1 Å². The molecule has 1 atom stereocenters. The zero-order valence-corrected chi connectivity index (χ0v) is 15.8. The molecule has 7 heteroatoms. The molecule has 1 aromatic carbocycles. The largest absolute Gasteiger partial charge is 0.486 e. The van der Waals surface area contributed by atoms with E-state index in [0.29, 0.717) is 23.7 Å². The van der Waals surface area contributed by atoms with E-state index in [-0.39, 0.29) is 12.0 Å². The van der Waals surface area contributed by atoms with Crippen LogP contribution in [0.15, 0.2) is 54.3 Å². The second-order valence-electron chi connectivity index (χ2n) is 6.07. The molecule has 27 heavy (non-hydrogen) atoms. The first kappa shape index (κ1) is 17.7. The summed E-state index contributed by atoms with van der Waals surface area (Å²) in [5.74, 6) is 0.534. The van der Waals surface area contributed by atoms with E-state index in [1.807, 2.05) is 29.6 Å². The standard InChI is InChI=1S/C20H16ClN3O2S/c21-17-10-13(18-12-22-5-6-23-18)8-14-9-15(26-20(14)17)11-24-19(25)4-3-16-2-1-7-27-16/h1-8,10,12,15H,9,11H2,(H,24,25)/b4-3+. The van der Waals surface area contributed by atoms with E-state index in [2.05, 4.69) is 15.3 Å². The molecule has 136 valence electrons. The first-order chi connectivity index (χ1) is 13.2. The van der Waals surface area contributed by atoms with E-state index in [1.54, 1.807) is 36.0 Å². The number of thiophene rings is 1. The number of rotatable bonds is 5. The van der Waals surface area contributed by atoms with Gasteiger partial charge in [-0.15, -0.1) is 11.3 Å². The lowest BCUT2D eigenvalue weighted by Gasteiger charge is -2.11. The third-order valence-electron chi connectivity index (χ3n) is 4.16. The number of nitrogens with zero attached hydrogens (tertiary/aromatic N) is 2. The van der Waals surface area contributed by atoms with Crippen LogP contribution in [0.4, 0.5) is 0 Å². The summed E-state index contributed by atoms with van der Waals surface area (Å²) >= 11 is 7.97. The fourth-order valence-corrected chi connectivity index (χ4v) is 3.82. The summed E-state index contributed by atoms with van der Waals surface area (Å²) in [6, 6.07) is 7.76. The molecule has 1 aliphatic rings. The lowest BCUT2D eigenvalue weighted by Crippen LogP contribution is -2.33. The molecular formula is C20H16ClN3O2S. The SMILES string of the molecule is O=C(/C=C/c1cccs1)NCC1Cc2cc(-c3cnccn3)cc(Cl)c2O1. The molecule has 1 unspecified atom stereocenters. The van der Waals surface area contributed by atoms with Gasteiger partial charge < -0.3 is 10.1 Å². The van der Waals surface area contributed by atoms with E-state index in [9.17, 15) is 4.79 Å². The average molecular weight is 398 g/mol. The molecule has 0 radical (unpaired) electrons. The number of amides is 1. The van der Waals surface area contributed by atoms with Gasteiger partial charge in [0.1, 0.15) is 11.9 Å². The Morgan fingerprint density at radius 3 is 3.11 bits per heavy atom. The number of carbonyl (C=O) groups is 1. The normalized spacial score (nSPS) is 15.5. The highest BCUT2D eigenvalue weighted by molar-refractivity contribution is 7.10. The van der Waals surface area contributed by atoms with Crippen molar-refractivity contribution in [3.05, 3.63) is 69.8 Å². The van der Waals surface area contributed by atoms with Gasteiger partial charge in [-0.05, 0) is 29.7 Å². The zero-order valence-electron chi connectivity index (χ0n) is 14.3. The summed E-state index contributed by atoms with van der Waals surface area (Å²) in [6.07, 6.45) is 8.85. The highest BCUT2D eigenvalue weighted by Gasteiger charge is 2.26. The van der Waals surface area contributed by atoms with Crippen molar-refractivity contribution in [2.45, 2.75) is 12.5 Å². The number of benzene rings is 1. The summed E-state index contributed by atoms with van der Waals surface area (Å²) in [7, 11) is 0. The maximum atomic E-state index is 12.0. The van der Waals surface area contributed by atoms with Crippen molar-refractivity contribution in [1.82, 2.24) is 15.3 Å². The minimum absolute atomic E-state index is 0.144. The molecule has 3 aromatic rings. The smallest absolute Gasteiger partial charge is 0.244 e. The van der Waals surface area contributed by atoms with Gasteiger partial charge in [0.05, 0.1) is 23.5 Å². The fourth-order valence-electron chi connectivity index (χ4n) is 2.91. The van der Waals surface area contributed by atoms with Crippen molar-refractivity contribution in [3.63, 3.8) is 0 Å². The monoisotopic (exact) mass is 397 g/mol. The molecule has 0 spiro atoms. The minimum Gasteiger partial charge on any atom is -0.486 e. The number of hydrogen-bond donors (Lipinski definition) is 1. The molecule has 1 aliphatic heterocycles. The molecule has 0 saturated heterocycles. The Balaban J connectivity index is 1.39. The molecule has 0 saturated carbocycles. The minimum atomic E-state index is -0.145. The van der Waals surface area contributed by atoms with Crippen LogP contribution in [0.3, 0.4) is 0 Å². The predicted octanol–water partition coefficient (Wildman–Crippen LogP) is 3.99. The van der Waals surface area contributed by atoms with Gasteiger partial charge in [-0.2, -0.15) is 0 Å². The Morgan fingerprint density at radius 2 is 2.33 bits per heavy atom. The van der Waals surface area contributed by atoms with Gasteiger partial charge in [-0.1, -0.05) is 17.7 Å². The number of hydrogen-bond acceptors (Lipinski definition) is 5. The first-order valence-corrected chi connectivity index (χ1v) is 9.69. The van der Waals surface area contributed by atoms with Crippen LogP contribution in [-0.2, 0) is 11.2 Å². The molecule has 0 bridgehead atoms. The summed E-state index contributed by atoms with van der Waals surface area (Å²) in [5, 5.41) is 5.39. The molecule has 2 aromatic heterocycles. The van der Waals surface area contributed by atoms with E-state index < -0.39 is 0 Å². The van der Waals surface area contributed by atoms with Crippen molar-refractivity contribution in [3.8, 4) is 17.0 Å². The van der Waals surface area contributed by atoms with Crippen LogP contribution >= 0.6 is 22.9 Å². The summed E-state index contributed by atoms with van der Waals surface area (Å²) < 4.78 is 5.92. The van der Waals surface area contributed by atoms with E-state index >= 15 is 0 Å². The van der Waals surface area contributed by atoms with Crippen molar-refractivity contribution < 1.29 is 9.53 Å². The van der Waals surface area contributed by atoms with Gasteiger partial charge in [0, 0.05) is 40.9 Å². The molecule has 4 rings (SSSR count). The van der Waals surface area contributed by atoms with Crippen LogP contribution in [0.25, 0.3) is 17.3 Å². The molecule has 3 heterocycles. The maximum Gasteiger partial charge on any atom is 0.244 e. The Morgan fingerprint density at radius 1 is 1.41 bits per heavy atom. The van der Waals surface area contributed by atoms with Crippen LogP contribution in [-0.4, -0.2) is 28.5 Å². The number of nitrogens with one attached hydrogen (secondary N) is 1. The molecule has 1 N–H and O–H groups in total. The zero-order chi connectivity index (χ0) is 18.6. The Bertz CT molecular complexity index is 974. The first-order valence-electron chi connectivity index (χ1n) is 8.44. The molecule has 0 aliphatic carbocycles. The maximum absolute atomic E-state index is 12.0. The van der Waals surface area contributed by atoms with Gasteiger partial charge in [0.15, 0.2) is 0 Å². The highest BCUT2D eigenvalue weighted by atomic mass is 35.5. The highest BCUT2D eigenvalue weighted by Crippen LogP contribution is 2.39. The second kappa shape index (κ2) is 7.90. The van der Waals surface area contributed by atoms with Gasteiger partial charge in [0.2, 0.25) is 5.91 Å². The average Bonchev–Trinajstić information content (AvgIpc) is 3.35. The van der Waals surface area contributed by atoms with Crippen LogP contribution < -0.4 is 10.1 Å². The molecule has 5 nitrogen and oxygen atoms in total. The summed E-state index contributed by atoms with van der Waals surface area (Å²) in [4.78, 5) is 21.4. The van der Waals surface area contributed by atoms with Crippen molar-refractivity contribution in [1.29, 1.82) is 0 Å².